The summed E-state index contributed by atoms with van der Waals surface area (Å²) >= 11 is 3.54. The molecule has 0 aliphatic heterocycles. The Morgan fingerprint density at radius 1 is 1.43 bits per heavy atom. The third-order valence-corrected chi connectivity index (χ3v) is 2.95. The van der Waals surface area contributed by atoms with Gasteiger partial charge in [-0.2, -0.15) is 0 Å². The molecule has 1 aromatic rings. The van der Waals surface area contributed by atoms with E-state index in [-0.39, 0.29) is 0 Å². The normalized spacial score (nSPS) is 12.8. The molecule has 0 aliphatic carbocycles. The van der Waals surface area contributed by atoms with Gasteiger partial charge in [-0.05, 0) is 24.6 Å². The largest absolute Gasteiger partial charge is 0.384 e. The molecule has 2 N–H and O–H groups in total. The Hall–Kier alpha value is -0.380. The molecule has 0 heterocycles. The summed E-state index contributed by atoms with van der Waals surface area (Å²) in [6.45, 7) is 1.41. The second-order valence-electron chi connectivity index (χ2n) is 3.25. The average Bonchev–Trinajstić information content (AvgIpc) is 2.18. The van der Waals surface area contributed by atoms with Crippen molar-refractivity contribution < 1.29 is 4.74 Å². The van der Waals surface area contributed by atoms with Gasteiger partial charge < -0.3 is 10.5 Å². The van der Waals surface area contributed by atoms with Gasteiger partial charge >= 0.3 is 0 Å². The highest BCUT2D eigenvalue weighted by Crippen LogP contribution is 2.26. The fourth-order valence-electron chi connectivity index (χ4n) is 1.54. The maximum atomic E-state index is 5.58. The van der Waals surface area contributed by atoms with E-state index >= 15 is 0 Å². The van der Waals surface area contributed by atoms with E-state index in [9.17, 15) is 0 Å². The van der Waals surface area contributed by atoms with Gasteiger partial charge in [0.15, 0.2) is 0 Å². The molecule has 2 nitrogen and oxygen atoms in total. The van der Waals surface area contributed by atoms with Gasteiger partial charge in [-0.1, -0.05) is 34.1 Å². The van der Waals surface area contributed by atoms with Crippen LogP contribution in [0.25, 0.3) is 0 Å². The summed E-state index contributed by atoms with van der Waals surface area (Å²) in [7, 11) is 1.72. The first-order chi connectivity index (χ1) is 6.79. The van der Waals surface area contributed by atoms with Gasteiger partial charge in [0.1, 0.15) is 0 Å². The van der Waals surface area contributed by atoms with E-state index in [4.69, 9.17) is 10.5 Å². The minimum Gasteiger partial charge on any atom is -0.384 e. The lowest BCUT2D eigenvalue weighted by Gasteiger charge is -2.16. The number of hydrogen-bond acceptors (Lipinski definition) is 2. The Labute approximate surface area is 93.6 Å². The fraction of sp³-hybridized carbons (Fsp3) is 0.455. The van der Waals surface area contributed by atoms with Crippen LogP contribution in [0.3, 0.4) is 0 Å². The molecule has 3 heteroatoms. The van der Waals surface area contributed by atoms with E-state index in [2.05, 4.69) is 28.1 Å². The van der Waals surface area contributed by atoms with Crippen molar-refractivity contribution >= 4 is 15.9 Å². The summed E-state index contributed by atoms with van der Waals surface area (Å²) in [6.07, 6.45) is 0.955. The highest BCUT2D eigenvalue weighted by Gasteiger charge is 2.12. The van der Waals surface area contributed by atoms with Crippen LogP contribution in [0.2, 0.25) is 0 Å². The van der Waals surface area contributed by atoms with Crippen molar-refractivity contribution in [3.63, 3.8) is 0 Å². The lowest BCUT2D eigenvalue weighted by atomic mass is 9.97. The van der Waals surface area contributed by atoms with Gasteiger partial charge in [0.25, 0.3) is 0 Å². The van der Waals surface area contributed by atoms with Crippen molar-refractivity contribution in [1.29, 1.82) is 0 Å². The standard InChI is InChI=1S/C11H16BrNO/c1-14-8-9(6-7-13)10-4-2-3-5-11(10)12/h2-5,9H,6-8,13H2,1H3. The lowest BCUT2D eigenvalue weighted by molar-refractivity contribution is 0.176. The van der Waals surface area contributed by atoms with Crippen molar-refractivity contribution in [3.05, 3.63) is 34.3 Å². The zero-order valence-corrected chi connectivity index (χ0v) is 9.96. The molecule has 0 amide bonds. The number of rotatable bonds is 5. The van der Waals surface area contributed by atoms with Crippen molar-refractivity contribution in [3.8, 4) is 0 Å². The minimum atomic E-state index is 0.389. The van der Waals surface area contributed by atoms with Crippen LogP contribution in [0.15, 0.2) is 28.7 Å². The molecule has 0 saturated carbocycles. The molecule has 0 fully saturated rings. The van der Waals surface area contributed by atoms with Crippen LogP contribution in [-0.4, -0.2) is 20.3 Å². The summed E-state index contributed by atoms with van der Waals surface area (Å²) in [4.78, 5) is 0. The van der Waals surface area contributed by atoms with Crippen LogP contribution < -0.4 is 5.73 Å². The zero-order valence-electron chi connectivity index (χ0n) is 8.37. The lowest BCUT2D eigenvalue weighted by Crippen LogP contribution is -2.12. The van der Waals surface area contributed by atoms with Crippen molar-refractivity contribution in [2.45, 2.75) is 12.3 Å². The second-order valence-corrected chi connectivity index (χ2v) is 4.11. The summed E-state index contributed by atoms with van der Waals surface area (Å²) < 4.78 is 6.32. The molecule has 1 atom stereocenters. The predicted molar refractivity (Wildman–Crippen MR) is 62.4 cm³/mol. The second kappa shape index (κ2) is 6.17. The van der Waals surface area contributed by atoms with Gasteiger partial charge in [0.05, 0.1) is 6.61 Å². The van der Waals surface area contributed by atoms with E-state index in [1.807, 2.05) is 12.1 Å². The number of nitrogens with two attached hydrogens (primary N) is 1. The smallest absolute Gasteiger partial charge is 0.0531 e. The number of halogens is 1. The molecule has 0 saturated heterocycles. The van der Waals surface area contributed by atoms with Crippen LogP contribution in [0.5, 0.6) is 0 Å². The molecule has 78 valence electrons. The van der Waals surface area contributed by atoms with Gasteiger partial charge in [0, 0.05) is 17.5 Å². The van der Waals surface area contributed by atoms with Gasteiger partial charge in [0.2, 0.25) is 0 Å². The van der Waals surface area contributed by atoms with E-state index < -0.39 is 0 Å². The molecular weight excluding hydrogens is 242 g/mol. The maximum Gasteiger partial charge on any atom is 0.0531 e. The fourth-order valence-corrected chi connectivity index (χ4v) is 2.15. The Morgan fingerprint density at radius 3 is 2.71 bits per heavy atom. The van der Waals surface area contributed by atoms with Crippen LogP contribution in [0.4, 0.5) is 0 Å². The van der Waals surface area contributed by atoms with E-state index in [1.165, 1.54) is 5.56 Å². The molecule has 0 spiro atoms. The first kappa shape index (κ1) is 11.7. The van der Waals surface area contributed by atoms with Gasteiger partial charge in [-0.15, -0.1) is 0 Å². The Bertz CT molecular complexity index is 272. The monoisotopic (exact) mass is 257 g/mol. The number of methoxy groups -OCH3 is 1. The van der Waals surface area contributed by atoms with Crippen molar-refractivity contribution in [1.82, 2.24) is 0 Å². The number of hydrogen-bond donors (Lipinski definition) is 1. The third kappa shape index (κ3) is 3.08. The van der Waals surface area contributed by atoms with Gasteiger partial charge in [-0.3, -0.25) is 0 Å². The average molecular weight is 258 g/mol. The molecule has 1 aromatic carbocycles. The van der Waals surface area contributed by atoms with E-state index in [0.717, 1.165) is 17.5 Å². The summed E-state index contributed by atoms with van der Waals surface area (Å²) in [5.74, 6) is 0.389. The molecular formula is C11H16BrNO. The molecule has 1 unspecified atom stereocenters. The molecule has 14 heavy (non-hydrogen) atoms. The summed E-state index contributed by atoms with van der Waals surface area (Å²) in [5, 5.41) is 0. The van der Waals surface area contributed by atoms with Crippen molar-refractivity contribution in [2.24, 2.45) is 5.73 Å². The highest BCUT2D eigenvalue weighted by atomic mass is 79.9. The van der Waals surface area contributed by atoms with E-state index in [0.29, 0.717) is 12.5 Å². The SMILES string of the molecule is COCC(CCN)c1ccccc1Br. The van der Waals surface area contributed by atoms with Crippen LogP contribution in [-0.2, 0) is 4.74 Å². The summed E-state index contributed by atoms with van der Waals surface area (Å²) in [6, 6.07) is 8.22. The maximum absolute atomic E-state index is 5.58. The predicted octanol–water partition coefficient (Wildman–Crippen LogP) is 2.53. The first-order valence-electron chi connectivity index (χ1n) is 4.73. The third-order valence-electron chi connectivity index (χ3n) is 2.23. The number of ether oxygens (including phenoxy) is 1. The van der Waals surface area contributed by atoms with Crippen LogP contribution in [0, 0.1) is 0 Å². The number of benzene rings is 1. The summed E-state index contributed by atoms with van der Waals surface area (Å²) in [5.41, 5.74) is 6.85. The van der Waals surface area contributed by atoms with Crippen LogP contribution in [0.1, 0.15) is 17.9 Å². The molecule has 0 aromatic heterocycles. The van der Waals surface area contributed by atoms with Crippen molar-refractivity contribution in [2.75, 3.05) is 20.3 Å². The minimum absolute atomic E-state index is 0.389. The van der Waals surface area contributed by atoms with E-state index in [1.54, 1.807) is 7.11 Å². The quantitative estimate of drug-likeness (QED) is 0.880. The molecule has 0 bridgehead atoms. The zero-order chi connectivity index (χ0) is 10.4. The Balaban J connectivity index is 2.81. The van der Waals surface area contributed by atoms with Crippen LogP contribution >= 0.6 is 15.9 Å². The Kier molecular flexibility index (Phi) is 5.15. The molecule has 0 aliphatic rings. The first-order valence-corrected chi connectivity index (χ1v) is 5.52. The van der Waals surface area contributed by atoms with Gasteiger partial charge in [-0.25, -0.2) is 0 Å². The Morgan fingerprint density at radius 2 is 2.14 bits per heavy atom. The molecule has 1 rings (SSSR count). The topological polar surface area (TPSA) is 35.2 Å². The molecule has 0 radical (unpaired) electrons. The highest BCUT2D eigenvalue weighted by molar-refractivity contribution is 9.10.